The minimum Gasteiger partial charge on any atom is -0.460 e. The number of likely N-dealkylation sites (N-methyl/N-ethyl adjacent to an activating group) is 1. The van der Waals surface area contributed by atoms with Crippen molar-refractivity contribution < 1.29 is 19.1 Å². The molecule has 162 valence electrons. The Morgan fingerprint density at radius 2 is 1.66 bits per heavy atom. The average Bonchev–Trinajstić information content (AvgIpc) is 2.62. The Balaban J connectivity index is 2.82. The summed E-state index contributed by atoms with van der Waals surface area (Å²) in [4.78, 5) is 37.5. The Bertz CT molecular complexity index is 665. The maximum Gasteiger partial charge on any atom is 0.307 e. The molecule has 0 saturated carbocycles. The lowest BCUT2D eigenvalue weighted by Crippen LogP contribution is -2.48. The van der Waals surface area contributed by atoms with Crippen molar-refractivity contribution in [3.63, 3.8) is 0 Å². The SMILES string of the molecule is CNC(=O)C(CCc1ccccc1)NC(=O)C(CC(=O)OC(C)(C)C)CC(C)C. The highest BCUT2D eigenvalue weighted by molar-refractivity contribution is 5.90. The van der Waals surface area contributed by atoms with Gasteiger partial charge in [-0.2, -0.15) is 0 Å². The Morgan fingerprint density at radius 1 is 1.03 bits per heavy atom. The molecule has 2 atom stereocenters. The van der Waals surface area contributed by atoms with Crippen LogP contribution in [0.1, 0.15) is 59.4 Å². The molecule has 1 rings (SSSR count). The summed E-state index contributed by atoms with van der Waals surface area (Å²) in [6.07, 6.45) is 1.70. The van der Waals surface area contributed by atoms with E-state index < -0.39 is 23.5 Å². The van der Waals surface area contributed by atoms with Crippen molar-refractivity contribution in [2.24, 2.45) is 11.8 Å². The van der Waals surface area contributed by atoms with E-state index in [9.17, 15) is 14.4 Å². The summed E-state index contributed by atoms with van der Waals surface area (Å²) >= 11 is 0. The topological polar surface area (TPSA) is 84.5 Å². The van der Waals surface area contributed by atoms with Crippen LogP contribution in [0.15, 0.2) is 30.3 Å². The monoisotopic (exact) mass is 404 g/mol. The second-order valence-electron chi connectivity index (χ2n) is 8.82. The number of rotatable bonds is 10. The minimum absolute atomic E-state index is 0.000429. The number of esters is 1. The first-order chi connectivity index (χ1) is 13.5. The van der Waals surface area contributed by atoms with Crippen molar-refractivity contribution >= 4 is 17.8 Å². The van der Waals surface area contributed by atoms with Gasteiger partial charge in [0.1, 0.15) is 11.6 Å². The zero-order chi connectivity index (χ0) is 22.0. The first kappa shape index (κ1) is 24.7. The van der Waals surface area contributed by atoms with E-state index in [1.807, 2.05) is 44.2 Å². The van der Waals surface area contributed by atoms with Crippen molar-refractivity contribution in [2.75, 3.05) is 7.05 Å². The van der Waals surface area contributed by atoms with E-state index >= 15 is 0 Å². The second kappa shape index (κ2) is 11.6. The summed E-state index contributed by atoms with van der Waals surface area (Å²) in [5, 5.41) is 5.47. The average molecular weight is 405 g/mol. The minimum atomic E-state index is -0.652. The van der Waals surface area contributed by atoms with E-state index in [2.05, 4.69) is 10.6 Å². The van der Waals surface area contributed by atoms with Crippen LogP contribution in [0.25, 0.3) is 0 Å². The molecule has 1 aromatic rings. The third-order valence-electron chi connectivity index (χ3n) is 4.40. The smallest absolute Gasteiger partial charge is 0.307 e. The molecule has 2 unspecified atom stereocenters. The van der Waals surface area contributed by atoms with Crippen molar-refractivity contribution in [3.8, 4) is 0 Å². The molecule has 0 saturated heterocycles. The van der Waals surface area contributed by atoms with E-state index in [0.29, 0.717) is 19.3 Å². The third kappa shape index (κ3) is 10.1. The highest BCUT2D eigenvalue weighted by Gasteiger charge is 2.29. The number of carbonyl (C=O) groups is 3. The Kier molecular flexibility index (Phi) is 9.86. The Labute approximate surface area is 174 Å². The van der Waals surface area contributed by atoms with Gasteiger partial charge >= 0.3 is 5.97 Å². The van der Waals surface area contributed by atoms with Gasteiger partial charge in [0.15, 0.2) is 0 Å². The predicted molar refractivity (Wildman–Crippen MR) is 114 cm³/mol. The summed E-state index contributed by atoms with van der Waals surface area (Å²) in [6, 6.07) is 9.17. The molecule has 0 fully saturated rings. The fourth-order valence-electron chi connectivity index (χ4n) is 3.12. The number of nitrogens with one attached hydrogen (secondary N) is 2. The summed E-state index contributed by atoms with van der Waals surface area (Å²) in [5.74, 6) is -1.23. The highest BCUT2D eigenvalue weighted by Crippen LogP contribution is 2.19. The van der Waals surface area contributed by atoms with E-state index in [0.717, 1.165) is 5.56 Å². The number of hydrogen-bond donors (Lipinski definition) is 2. The molecule has 0 aromatic heterocycles. The Hall–Kier alpha value is -2.37. The molecule has 0 aliphatic heterocycles. The van der Waals surface area contributed by atoms with Gasteiger partial charge in [-0.3, -0.25) is 14.4 Å². The highest BCUT2D eigenvalue weighted by atomic mass is 16.6. The molecule has 6 nitrogen and oxygen atoms in total. The fourth-order valence-corrected chi connectivity index (χ4v) is 3.12. The molecule has 0 bridgehead atoms. The first-order valence-electron chi connectivity index (χ1n) is 10.3. The van der Waals surface area contributed by atoms with Gasteiger partial charge < -0.3 is 15.4 Å². The van der Waals surface area contributed by atoms with Crippen LogP contribution < -0.4 is 10.6 Å². The van der Waals surface area contributed by atoms with Crippen LogP contribution in [0.4, 0.5) is 0 Å². The van der Waals surface area contributed by atoms with Crippen LogP contribution in [-0.2, 0) is 25.5 Å². The van der Waals surface area contributed by atoms with E-state index in [-0.39, 0.29) is 24.2 Å². The summed E-state index contributed by atoms with van der Waals surface area (Å²) in [7, 11) is 1.55. The third-order valence-corrected chi connectivity index (χ3v) is 4.40. The molecule has 0 heterocycles. The van der Waals surface area contributed by atoms with Crippen LogP contribution in [-0.4, -0.2) is 36.5 Å². The molecule has 2 amide bonds. The lowest BCUT2D eigenvalue weighted by atomic mass is 9.92. The zero-order valence-corrected chi connectivity index (χ0v) is 18.6. The predicted octanol–water partition coefficient (Wildman–Crippen LogP) is 3.24. The van der Waals surface area contributed by atoms with Crippen molar-refractivity contribution in [1.29, 1.82) is 0 Å². The molecule has 0 spiro atoms. The molecule has 6 heteroatoms. The van der Waals surface area contributed by atoms with Crippen molar-refractivity contribution in [1.82, 2.24) is 10.6 Å². The summed E-state index contributed by atoms with van der Waals surface area (Å²) in [6.45, 7) is 9.40. The molecule has 0 aliphatic carbocycles. The molecule has 29 heavy (non-hydrogen) atoms. The van der Waals surface area contributed by atoms with E-state index in [1.165, 1.54) is 0 Å². The number of hydrogen-bond acceptors (Lipinski definition) is 4. The van der Waals surface area contributed by atoms with Crippen LogP contribution in [0.2, 0.25) is 0 Å². The molecule has 0 aliphatic rings. The van der Waals surface area contributed by atoms with Crippen LogP contribution in [0.5, 0.6) is 0 Å². The zero-order valence-electron chi connectivity index (χ0n) is 18.6. The molecular weight excluding hydrogens is 368 g/mol. The lowest BCUT2D eigenvalue weighted by Gasteiger charge is -2.24. The largest absolute Gasteiger partial charge is 0.460 e. The normalized spacial score (nSPS) is 13.5. The number of amides is 2. The second-order valence-corrected chi connectivity index (χ2v) is 8.82. The van der Waals surface area contributed by atoms with E-state index in [1.54, 1.807) is 27.8 Å². The van der Waals surface area contributed by atoms with Gasteiger partial charge in [0.25, 0.3) is 0 Å². The van der Waals surface area contributed by atoms with Gasteiger partial charge in [-0.25, -0.2) is 0 Å². The fraction of sp³-hybridized carbons (Fsp3) is 0.609. The number of aryl methyl sites for hydroxylation is 1. The quantitative estimate of drug-likeness (QED) is 0.586. The molecular formula is C23H36N2O4. The molecule has 1 aromatic carbocycles. The number of ether oxygens (including phenoxy) is 1. The summed E-state index contributed by atoms with van der Waals surface area (Å²) < 4.78 is 5.38. The van der Waals surface area contributed by atoms with Gasteiger partial charge in [0.2, 0.25) is 11.8 Å². The number of carbonyl (C=O) groups excluding carboxylic acids is 3. The van der Waals surface area contributed by atoms with Gasteiger partial charge in [-0.05, 0) is 51.5 Å². The lowest BCUT2D eigenvalue weighted by molar-refractivity contribution is -0.157. The standard InChI is InChI=1S/C23H36N2O4/c1-16(2)14-18(15-20(26)29-23(3,4)5)21(27)25-19(22(28)24-6)13-12-17-10-8-7-9-11-17/h7-11,16,18-19H,12-15H2,1-6H3,(H,24,28)(H,25,27). The molecule has 0 radical (unpaired) electrons. The van der Waals surface area contributed by atoms with Gasteiger partial charge in [0, 0.05) is 13.0 Å². The van der Waals surface area contributed by atoms with Crippen molar-refractivity contribution in [2.45, 2.75) is 71.9 Å². The number of benzene rings is 1. The van der Waals surface area contributed by atoms with Gasteiger partial charge in [-0.15, -0.1) is 0 Å². The molecule has 2 N–H and O–H groups in total. The van der Waals surface area contributed by atoms with Crippen molar-refractivity contribution in [3.05, 3.63) is 35.9 Å². The van der Waals surface area contributed by atoms with E-state index in [4.69, 9.17) is 4.74 Å². The van der Waals surface area contributed by atoms with Crippen LogP contribution >= 0.6 is 0 Å². The maximum absolute atomic E-state index is 12.9. The van der Waals surface area contributed by atoms with Crippen LogP contribution in [0.3, 0.4) is 0 Å². The van der Waals surface area contributed by atoms with Gasteiger partial charge in [0.05, 0.1) is 6.42 Å². The van der Waals surface area contributed by atoms with Gasteiger partial charge in [-0.1, -0.05) is 44.2 Å². The van der Waals surface area contributed by atoms with Crippen LogP contribution in [0, 0.1) is 11.8 Å². The Morgan fingerprint density at radius 3 is 2.17 bits per heavy atom. The first-order valence-corrected chi connectivity index (χ1v) is 10.3. The summed E-state index contributed by atoms with van der Waals surface area (Å²) in [5.41, 5.74) is 0.499. The maximum atomic E-state index is 12.9.